The second-order valence-electron chi connectivity index (χ2n) is 5.13. The number of carbonyl (C=O) groups is 1. The van der Waals surface area contributed by atoms with Crippen LogP contribution in [0.4, 0.5) is 5.69 Å². The highest BCUT2D eigenvalue weighted by Crippen LogP contribution is 2.28. The van der Waals surface area contributed by atoms with Gasteiger partial charge in [0.2, 0.25) is 0 Å². The summed E-state index contributed by atoms with van der Waals surface area (Å²) >= 11 is 1.84. The Kier molecular flexibility index (Phi) is 5.02. The summed E-state index contributed by atoms with van der Waals surface area (Å²) in [6.07, 6.45) is 1.07. The van der Waals surface area contributed by atoms with Crippen molar-refractivity contribution in [2.75, 3.05) is 12.4 Å². The first-order valence-electron chi connectivity index (χ1n) is 7.23. The number of anilines is 1. The lowest BCUT2D eigenvalue weighted by molar-refractivity contribution is 0.0963. The summed E-state index contributed by atoms with van der Waals surface area (Å²) in [6.45, 7) is 6.37. The lowest BCUT2D eigenvalue weighted by Gasteiger charge is -2.16. The minimum atomic E-state index is -0.0601. The summed E-state index contributed by atoms with van der Waals surface area (Å²) in [7, 11) is 1.65. The summed E-state index contributed by atoms with van der Waals surface area (Å²) in [4.78, 5) is 14.5. The average Bonchev–Trinajstić information content (AvgIpc) is 2.97. The van der Waals surface area contributed by atoms with Gasteiger partial charge < -0.3 is 10.6 Å². The van der Waals surface area contributed by atoms with E-state index < -0.39 is 0 Å². The van der Waals surface area contributed by atoms with Crippen molar-refractivity contribution >= 4 is 22.9 Å². The Balaban J connectivity index is 2.19. The van der Waals surface area contributed by atoms with Gasteiger partial charge in [0.15, 0.2) is 0 Å². The van der Waals surface area contributed by atoms with E-state index in [0.29, 0.717) is 5.56 Å². The van der Waals surface area contributed by atoms with E-state index in [1.807, 2.05) is 29.5 Å². The second-order valence-corrected chi connectivity index (χ2v) is 6.33. The Bertz CT molecular complexity index is 633. The molecule has 2 rings (SSSR count). The van der Waals surface area contributed by atoms with Crippen molar-refractivity contribution in [2.24, 2.45) is 0 Å². The molecule has 21 heavy (non-hydrogen) atoms. The maximum Gasteiger partial charge on any atom is 0.251 e. The smallest absolute Gasteiger partial charge is 0.251 e. The molecule has 2 aromatic rings. The molecule has 0 fully saturated rings. The van der Waals surface area contributed by atoms with E-state index in [-0.39, 0.29) is 11.9 Å². The molecule has 0 aliphatic rings. The van der Waals surface area contributed by atoms with Crippen LogP contribution < -0.4 is 10.6 Å². The number of hydrogen-bond donors (Lipinski definition) is 2. The van der Waals surface area contributed by atoms with Crippen molar-refractivity contribution in [1.29, 1.82) is 0 Å². The molecule has 0 saturated heterocycles. The molecule has 1 heterocycles. The van der Waals surface area contributed by atoms with Crippen molar-refractivity contribution in [3.05, 3.63) is 51.2 Å². The maximum absolute atomic E-state index is 11.7. The van der Waals surface area contributed by atoms with E-state index in [9.17, 15) is 4.79 Å². The third-order valence-electron chi connectivity index (χ3n) is 3.56. The van der Waals surface area contributed by atoms with Gasteiger partial charge in [0.1, 0.15) is 0 Å². The summed E-state index contributed by atoms with van der Waals surface area (Å²) in [5.74, 6) is -0.0601. The molecule has 2 N–H and O–H groups in total. The van der Waals surface area contributed by atoms with Gasteiger partial charge in [-0.25, -0.2) is 0 Å². The van der Waals surface area contributed by atoms with Gasteiger partial charge in [0.25, 0.3) is 5.91 Å². The van der Waals surface area contributed by atoms with Crippen LogP contribution in [-0.2, 0) is 6.42 Å². The predicted molar refractivity (Wildman–Crippen MR) is 90.3 cm³/mol. The van der Waals surface area contributed by atoms with Gasteiger partial charge in [-0.15, -0.1) is 11.3 Å². The van der Waals surface area contributed by atoms with Crippen LogP contribution in [0.25, 0.3) is 0 Å². The quantitative estimate of drug-likeness (QED) is 0.871. The fraction of sp³-hybridized carbons (Fsp3) is 0.353. The molecule has 0 saturated carbocycles. The number of benzene rings is 1. The largest absolute Gasteiger partial charge is 0.377 e. The highest BCUT2D eigenvalue weighted by atomic mass is 32.1. The van der Waals surface area contributed by atoms with Gasteiger partial charge in [0, 0.05) is 28.1 Å². The number of hydrogen-bond acceptors (Lipinski definition) is 3. The van der Waals surface area contributed by atoms with E-state index in [1.165, 1.54) is 9.75 Å². The minimum Gasteiger partial charge on any atom is -0.377 e. The average molecular weight is 302 g/mol. The Morgan fingerprint density at radius 3 is 2.67 bits per heavy atom. The number of aryl methyl sites for hydroxylation is 2. The summed E-state index contributed by atoms with van der Waals surface area (Å²) in [6, 6.07) is 10.3. The van der Waals surface area contributed by atoms with Crippen LogP contribution in [0, 0.1) is 6.92 Å². The fourth-order valence-electron chi connectivity index (χ4n) is 2.18. The summed E-state index contributed by atoms with van der Waals surface area (Å²) < 4.78 is 0. The highest BCUT2D eigenvalue weighted by Gasteiger charge is 2.11. The molecule has 1 unspecified atom stereocenters. The fourth-order valence-corrected chi connectivity index (χ4v) is 3.14. The Hall–Kier alpha value is -1.81. The molecular formula is C17H22N2OS. The maximum atomic E-state index is 11.7. The summed E-state index contributed by atoms with van der Waals surface area (Å²) in [5.41, 5.74) is 2.83. The van der Waals surface area contributed by atoms with E-state index in [4.69, 9.17) is 0 Å². The van der Waals surface area contributed by atoms with E-state index in [2.05, 4.69) is 43.5 Å². The summed E-state index contributed by atoms with van der Waals surface area (Å²) in [5, 5.41) is 6.17. The van der Waals surface area contributed by atoms with Crippen LogP contribution in [0.3, 0.4) is 0 Å². The number of rotatable bonds is 5. The standard InChI is InChI=1S/C17H22N2OS/c1-5-14-8-9-16(21-14)12(3)19-15-10-13(17(20)18-4)7-6-11(15)2/h6-10,12,19H,5H2,1-4H3,(H,18,20). The van der Waals surface area contributed by atoms with Crippen LogP contribution in [-0.4, -0.2) is 13.0 Å². The first-order valence-corrected chi connectivity index (χ1v) is 8.04. The third-order valence-corrected chi connectivity index (χ3v) is 4.97. The van der Waals surface area contributed by atoms with Crippen molar-refractivity contribution < 1.29 is 4.79 Å². The van der Waals surface area contributed by atoms with Gasteiger partial charge in [-0.3, -0.25) is 4.79 Å². The Labute approximate surface area is 130 Å². The number of carbonyl (C=O) groups excluding carboxylic acids is 1. The van der Waals surface area contributed by atoms with Crippen LogP contribution in [0.5, 0.6) is 0 Å². The van der Waals surface area contributed by atoms with Gasteiger partial charge in [-0.1, -0.05) is 13.0 Å². The molecule has 112 valence electrons. The molecular weight excluding hydrogens is 280 g/mol. The molecule has 0 spiro atoms. The highest BCUT2D eigenvalue weighted by molar-refractivity contribution is 7.12. The molecule has 1 atom stereocenters. The van der Waals surface area contributed by atoms with Crippen LogP contribution in [0.2, 0.25) is 0 Å². The van der Waals surface area contributed by atoms with Crippen molar-refractivity contribution in [3.8, 4) is 0 Å². The first-order chi connectivity index (χ1) is 10.0. The molecule has 3 nitrogen and oxygen atoms in total. The van der Waals surface area contributed by atoms with E-state index in [1.54, 1.807) is 7.05 Å². The zero-order chi connectivity index (χ0) is 15.4. The Morgan fingerprint density at radius 2 is 2.05 bits per heavy atom. The number of amides is 1. The molecule has 1 aromatic carbocycles. The normalized spacial score (nSPS) is 12.0. The van der Waals surface area contributed by atoms with Gasteiger partial charge in [-0.05, 0) is 50.1 Å². The topological polar surface area (TPSA) is 41.1 Å². The van der Waals surface area contributed by atoms with Gasteiger partial charge >= 0.3 is 0 Å². The van der Waals surface area contributed by atoms with Crippen molar-refractivity contribution in [1.82, 2.24) is 5.32 Å². The number of nitrogens with one attached hydrogen (secondary N) is 2. The SMILES string of the molecule is CCc1ccc(C(C)Nc2cc(C(=O)NC)ccc2C)s1. The predicted octanol–water partition coefficient (Wildman–Crippen LogP) is 4.15. The zero-order valence-electron chi connectivity index (χ0n) is 13.0. The second kappa shape index (κ2) is 6.76. The third kappa shape index (κ3) is 3.64. The van der Waals surface area contributed by atoms with Gasteiger partial charge in [-0.2, -0.15) is 0 Å². The van der Waals surface area contributed by atoms with Crippen LogP contribution in [0.15, 0.2) is 30.3 Å². The lowest BCUT2D eigenvalue weighted by Crippen LogP contribution is -2.18. The van der Waals surface area contributed by atoms with E-state index >= 15 is 0 Å². The zero-order valence-corrected chi connectivity index (χ0v) is 13.8. The molecule has 4 heteroatoms. The van der Waals surface area contributed by atoms with Crippen LogP contribution >= 0.6 is 11.3 Å². The molecule has 1 aromatic heterocycles. The lowest BCUT2D eigenvalue weighted by atomic mass is 10.1. The molecule has 1 amide bonds. The molecule has 0 aliphatic heterocycles. The first kappa shape index (κ1) is 15.6. The monoisotopic (exact) mass is 302 g/mol. The Morgan fingerprint density at radius 1 is 1.29 bits per heavy atom. The molecule has 0 aliphatic carbocycles. The molecule has 0 radical (unpaired) electrons. The van der Waals surface area contributed by atoms with Crippen LogP contribution in [0.1, 0.15) is 45.6 Å². The van der Waals surface area contributed by atoms with Crippen molar-refractivity contribution in [2.45, 2.75) is 33.2 Å². The minimum absolute atomic E-state index is 0.0601. The van der Waals surface area contributed by atoms with Gasteiger partial charge in [0.05, 0.1) is 6.04 Å². The molecule has 0 bridgehead atoms. The van der Waals surface area contributed by atoms with Crippen molar-refractivity contribution in [3.63, 3.8) is 0 Å². The number of thiophene rings is 1. The van der Waals surface area contributed by atoms with E-state index in [0.717, 1.165) is 17.7 Å².